The van der Waals surface area contributed by atoms with Crippen LogP contribution >= 0.6 is 0 Å². The maximum atomic E-state index is 6.80. The summed E-state index contributed by atoms with van der Waals surface area (Å²) in [4.78, 5) is 2.37. The van der Waals surface area contributed by atoms with Crippen molar-refractivity contribution < 1.29 is 4.42 Å². The van der Waals surface area contributed by atoms with E-state index in [0.29, 0.717) is 0 Å². The predicted octanol–water partition coefficient (Wildman–Crippen LogP) is 13.8. The van der Waals surface area contributed by atoms with Gasteiger partial charge >= 0.3 is 0 Å². The number of benzene rings is 8. The first-order valence-electron chi connectivity index (χ1n) is 17.7. The molecule has 0 spiro atoms. The molecule has 0 saturated carbocycles. The van der Waals surface area contributed by atoms with Crippen molar-refractivity contribution in [1.29, 1.82) is 0 Å². The average molecular weight is 654 g/mol. The largest absolute Gasteiger partial charge is 0.454 e. The molecule has 0 atom stereocenters. The molecule has 0 amide bonds. The molecule has 242 valence electrons. The average Bonchev–Trinajstić information content (AvgIpc) is 3.69. The van der Waals surface area contributed by atoms with Gasteiger partial charge in [0.05, 0.1) is 5.69 Å². The second-order valence-corrected chi connectivity index (χ2v) is 14.1. The van der Waals surface area contributed by atoms with Crippen LogP contribution in [0.2, 0.25) is 0 Å². The minimum absolute atomic E-state index is 0.117. The first-order valence-corrected chi connectivity index (χ1v) is 17.7. The molecule has 1 aromatic heterocycles. The molecule has 0 aliphatic heterocycles. The highest BCUT2D eigenvalue weighted by Crippen LogP contribution is 2.51. The monoisotopic (exact) mass is 653 g/mol. The van der Waals surface area contributed by atoms with Gasteiger partial charge in [0, 0.05) is 27.6 Å². The van der Waals surface area contributed by atoms with Crippen LogP contribution in [0.25, 0.3) is 66.1 Å². The van der Waals surface area contributed by atoms with E-state index in [1.54, 1.807) is 0 Å². The number of para-hydroxylation sites is 1. The van der Waals surface area contributed by atoms with Gasteiger partial charge < -0.3 is 9.32 Å². The molecule has 9 aromatic rings. The molecule has 2 heteroatoms. The lowest BCUT2D eigenvalue weighted by molar-refractivity contribution is 0.660. The molecule has 0 saturated heterocycles. The Kier molecular flexibility index (Phi) is 6.56. The normalized spacial score (nSPS) is 13.1. The van der Waals surface area contributed by atoms with Crippen molar-refractivity contribution >= 4 is 49.8 Å². The van der Waals surface area contributed by atoms with Crippen molar-refractivity contribution in [1.82, 2.24) is 0 Å². The smallest absolute Gasteiger partial charge is 0.159 e. The molecule has 1 heterocycles. The lowest BCUT2D eigenvalue weighted by Crippen LogP contribution is -2.16. The second-order valence-electron chi connectivity index (χ2n) is 14.1. The van der Waals surface area contributed by atoms with Gasteiger partial charge in [0.2, 0.25) is 0 Å². The molecule has 0 fully saturated rings. The van der Waals surface area contributed by atoms with E-state index >= 15 is 0 Å². The maximum absolute atomic E-state index is 6.80. The van der Waals surface area contributed by atoms with E-state index in [4.69, 9.17) is 4.42 Å². The van der Waals surface area contributed by atoms with Gasteiger partial charge in [-0.1, -0.05) is 153 Å². The first kappa shape index (κ1) is 29.5. The predicted molar refractivity (Wildman–Crippen MR) is 214 cm³/mol. The summed E-state index contributed by atoms with van der Waals surface area (Å²) in [6.07, 6.45) is 0. The second kappa shape index (κ2) is 11.3. The van der Waals surface area contributed by atoms with Crippen LogP contribution in [0.3, 0.4) is 0 Å². The number of hydrogen-bond donors (Lipinski definition) is 0. The van der Waals surface area contributed by atoms with E-state index in [0.717, 1.165) is 39.0 Å². The Bertz CT molecular complexity index is 2750. The summed E-state index contributed by atoms with van der Waals surface area (Å²) in [6.45, 7) is 4.68. The number of fused-ring (bicyclic) bond motifs is 8. The summed E-state index contributed by atoms with van der Waals surface area (Å²) >= 11 is 0. The van der Waals surface area contributed by atoms with Gasteiger partial charge in [-0.25, -0.2) is 0 Å². The zero-order chi connectivity index (χ0) is 34.1. The quantitative estimate of drug-likeness (QED) is 0.184. The molecule has 1 aliphatic rings. The minimum Gasteiger partial charge on any atom is -0.454 e. The van der Waals surface area contributed by atoms with Crippen molar-refractivity contribution in [2.75, 3.05) is 4.90 Å². The highest BCUT2D eigenvalue weighted by molar-refractivity contribution is 6.21. The molecule has 10 rings (SSSR count). The lowest BCUT2D eigenvalue weighted by Gasteiger charge is -2.28. The van der Waals surface area contributed by atoms with Crippen molar-refractivity contribution in [2.24, 2.45) is 0 Å². The fourth-order valence-corrected chi connectivity index (χ4v) is 8.28. The van der Waals surface area contributed by atoms with Gasteiger partial charge in [0.1, 0.15) is 5.58 Å². The van der Waals surface area contributed by atoms with Gasteiger partial charge in [0.15, 0.2) is 5.58 Å². The zero-order valence-corrected chi connectivity index (χ0v) is 28.6. The summed E-state index contributed by atoms with van der Waals surface area (Å²) in [7, 11) is 0. The fraction of sp³-hybridized carbons (Fsp3) is 0.0612. The SMILES string of the molecule is CC1(C)c2ccccc2-c2ccc(N(c3ccc(-c4ccc(-c5ccccc5)cc4)cc3)c3cccc4c3oc3ccc5ccccc5c34)cc21. The van der Waals surface area contributed by atoms with E-state index < -0.39 is 0 Å². The number of nitrogens with zero attached hydrogens (tertiary/aromatic N) is 1. The lowest BCUT2D eigenvalue weighted by atomic mass is 9.82. The van der Waals surface area contributed by atoms with Crippen molar-refractivity contribution in [2.45, 2.75) is 19.3 Å². The van der Waals surface area contributed by atoms with Crippen LogP contribution in [0.15, 0.2) is 180 Å². The Hall–Kier alpha value is -6.38. The van der Waals surface area contributed by atoms with Crippen LogP contribution < -0.4 is 4.90 Å². The van der Waals surface area contributed by atoms with Gasteiger partial charge in [-0.15, -0.1) is 0 Å². The van der Waals surface area contributed by atoms with E-state index in [9.17, 15) is 0 Å². The van der Waals surface area contributed by atoms with Crippen molar-refractivity contribution in [3.63, 3.8) is 0 Å². The molecule has 8 aromatic carbocycles. The van der Waals surface area contributed by atoms with E-state index in [1.165, 1.54) is 55.3 Å². The molecular formula is C49H35NO. The Morgan fingerprint density at radius 3 is 1.84 bits per heavy atom. The Balaban J connectivity index is 1.13. The third-order valence-electron chi connectivity index (χ3n) is 10.9. The third kappa shape index (κ3) is 4.64. The third-order valence-corrected chi connectivity index (χ3v) is 10.9. The van der Waals surface area contributed by atoms with Crippen LogP contribution in [0.1, 0.15) is 25.0 Å². The molecule has 0 bridgehead atoms. The highest BCUT2D eigenvalue weighted by Gasteiger charge is 2.36. The zero-order valence-electron chi connectivity index (χ0n) is 28.6. The van der Waals surface area contributed by atoms with E-state index in [1.807, 2.05) is 0 Å². The number of hydrogen-bond acceptors (Lipinski definition) is 2. The van der Waals surface area contributed by atoms with Gasteiger partial charge in [-0.3, -0.25) is 0 Å². The minimum atomic E-state index is -0.117. The van der Waals surface area contributed by atoms with Crippen LogP contribution in [-0.2, 0) is 5.41 Å². The number of furan rings is 1. The van der Waals surface area contributed by atoms with Gasteiger partial charge in [0.25, 0.3) is 0 Å². The molecule has 2 nitrogen and oxygen atoms in total. The number of anilines is 3. The molecule has 51 heavy (non-hydrogen) atoms. The van der Waals surface area contributed by atoms with Crippen LogP contribution in [0.5, 0.6) is 0 Å². The van der Waals surface area contributed by atoms with E-state index in [-0.39, 0.29) is 5.41 Å². The van der Waals surface area contributed by atoms with Crippen LogP contribution in [0.4, 0.5) is 17.1 Å². The summed E-state index contributed by atoms with van der Waals surface area (Å²) < 4.78 is 6.80. The fourth-order valence-electron chi connectivity index (χ4n) is 8.28. The first-order chi connectivity index (χ1) is 25.0. The van der Waals surface area contributed by atoms with E-state index in [2.05, 4.69) is 195 Å². The van der Waals surface area contributed by atoms with Crippen LogP contribution in [-0.4, -0.2) is 0 Å². The van der Waals surface area contributed by atoms with Crippen LogP contribution in [0, 0.1) is 0 Å². The Morgan fingerprint density at radius 2 is 1.06 bits per heavy atom. The maximum Gasteiger partial charge on any atom is 0.159 e. The highest BCUT2D eigenvalue weighted by atomic mass is 16.3. The van der Waals surface area contributed by atoms with Crippen molar-refractivity contribution in [3.8, 4) is 33.4 Å². The standard InChI is InChI=1S/C49H35NO/c1-49(2)43-17-9-8-15-40(43)41-29-28-38(31-44(41)49)50(37-26-23-35(24-27-37)34-21-19-33(20-22-34)32-11-4-3-5-12-32)45-18-10-16-42-47-39-14-7-6-13-36(39)25-30-46(47)51-48(42)45/h3-31H,1-2H3. The summed E-state index contributed by atoms with van der Waals surface area (Å²) in [5.41, 5.74) is 15.0. The molecular weight excluding hydrogens is 619 g/mol. The number of rotatable bonds is 5. The summed E-state index contributed by atoms with van der Waals surface area (Å²) in [5, 5.41) is 4.69. The summed E-state index contributed by atoms with van der Waals surface area (Å²) in [6, 6.07) is 63.5. The molecule has 0 unspecified atom stereocenters. The van der Waals surface area contributed by atoms with Crippen molar-refractivity contribution in [3.05, 3.63) is 187 Å². The Labute approximate surface area is 297 Å². The molecule has 1 aliphatic carbocycles. The topological polar surface area (TPSA) is 16.4 Å². The Morgan fingerprint density at radius 1 is 0.451 bits per heavy atom. The van der Waals surface area contributed by atoms with Gasteiger partial charge in [-0.05, 0) is 91.7 Å². The molecule has 0 N–H and O–H groups in total. The van der Waals surface area contributed by atoms with Gasteiger partial charge in [-0.2, -0.15) is 0 Å². The summed E-state index contributed by atoms with van der Waals surface area (Å²) in [5.74, 6) is 0. The molecule has 0 radical (unpaired) electrons.